The minimum atomic E-state index is -7.01. The molecule has 24 heavy (non-hydrogen) atoms. The molecule has 0 bridgehead atoms. The van der Waals surface area contributed by atoms with Crippen molar-refractivity contribution in [3.8, 4) is 0 Å². The largest absolute Gasteiger partial charge is 0.465 e. The summed E-state index contributed by atoms with van der Waals surface area (Å²) in [5, 5.41) is 8.86. The predicted molar refractivity (Wildman–Crippen MR) is 62.5 cm³/mol. The van der Waals surface area contributed by atoms with Gasteiger partial charge in [0.05, 0.1) is 6.54 Å². The van der Waals surface area contributed by atoms with Gasteiger partial charge in [-0.25, -0.2) is 4.79 Å². The van der Waals surface area contributed by atoms with Gasteiger partial charge in [0.15, 0.2) is 0 Å². The third-order valence-electron chi connectivity index (χ3n) is 3.84. The highest BCUT2D eigenvalue weighted by Gasteiger charge is 2.81. The lowest BCUT2D eigenvalue weighted by atomic mass is 9.93. The molecule has 1 aliphatic carbocycles. The zero-order chi connectivity index (χ0) is 19.0. The van der Waals surface area contributed by atoms with Gasteiger partial charge in [0, 0.05) is 6.04 Å². The van der Waals surface area contributed by atoms with Crippen molar-refractivity contribution >= 4 is 6.09 Å². The summed E-state index contributed by atoms with van der Waals surface area (Å²) in [6.45, 7) is -2.45. The number of hydrogen-bond donors (Lipinski definition) is 1. The number of hydrogen-bond acceptors (Lipinski definition) is 1. The molecular weight excluding hydrogens is 361 g/mol. The molecule has 0 aromatic heterocycles. The molecule has 1 rings (SSSR count). The summed E-state index contributed by atoms with van der Waals surface area (Å²) in [5.74, 6) is -19.7. The zero-order valence-corrected chi connectivity index (χ0v) is 12.0. The van der Waals surface area contributed by atoms with Gasteiger partial charge in [-0.05, 0) is 12.8 Å². The Morgan fingerprint density at radius 2 is 1.33 bits per heavy atom. The van der Waals surface area contributed by atoms with Crippen LogP contribution in [0.25, 0.3) is 0 Å². The van der Waals surface area contributed by atoms with Gasteiger partial charge in [-0.1, -0.05) is 19.3 Å². The normalized spacial score (nSPS) is 18.5. The fraction of sp³-hybridized carbons (Fsp3) is 0.917. The predicted octanol–water partition coefficient (Wildman–Crippen LogP) is 4.77. The number of carboxylic acid groups (broad SMARTS) is 1. The lowest BCUT2D eigenvalue weighted by molar-refractivity contribution is -0.396. The molecule has 0 atom stereocenters. The van der Waals surface area contributed by atoms with E-state index in [9.17, 15) is 44.3 Å². The Morgan fingerprint density at radius 3 is 1.71 bits per heavy atom. The molecule has 0 aromatic carbocycles. The van der Waals surface area contributed by atoms with Crippen molar-refractivity contribution in [3.63, 3.8) is 0 Å². The van der Waals surface area contributed by atoms with Crippen LogP contribution in [0.15, 0.2) is 0 Å². The minimum absolute atomic E-state index is 0.0314. The molecule has 142 valence electrons. The van der Waals surface area contributed by atoms with Crippen molar-refractivity contribution in [1.29, 1.82) is 0 Å². The van der Waals surface area contributed by atoms with E-state index in [-0.39, 0.29) is 17.7 Å². The third kappa shape index (κ3) is 3.66. The second-order valence-corrected chi connectivity index (χ2v) is 5.55. The first kappa shape index (κ1) is 20.7. The van der Waals surface area contributed by atoms with Crippen LogP contribution >= 0.6 is 0 Å². The standard InChI is InChI=1S/C12H14F9NO2/c13-9(14,10(15,16)11(17,18)12(19,20)21)6-22(8(23)24)7-4-2-1-3-5-7/h7H,1-6H2,(H,23,24). The summed E-state index contributed by atoms with van der Waals surface area (Å²) < 4.78 is 115. The van der Waals surface area contributed by atoms with Gasteiger partial charge in [-0.15, -0.1) is 0 Å². The minimum Gasteiger partial charge on any atom is -0.465 e. The van der Waals surface area contributed by atoms with Crippen molar-refractivity contribution in [2.45, 2.75) is 62.1 Å². The quantitative estimate of drug-likeness (QED) is 0.704. The zero-order valence-electron chi connectivity index (χ0n) is 12.0. The molecule has 1 amide bonds. The molecule has 0 aliphatic heterocycles. The molecule has 1 saturated carbocycles. The first-order chi connectivity index (χ1) is 10.6. The number of amides is 1. The van der Waals surface area contributed by atoms with Crippen molar-refractivity contribution in [3.05, 3.63) is 0 Å². The first-order valence-corrected chi connectivity index (χ1v) is 6.85. The van der Waals surface area contributed by atoms with E-state index in [1.165, 1.54) is 0 Å². The van der Waals surface area contributed by atoms with Gasteiger partial charge in [0.25, 0.3) is 0 Å². The lowest BCUT2D eigenvalue weighted by Gasteiger charge is -2.38. The maximum Gasteiger partial charge on any atom is 0.460 e. The van der Waals surface area contributed by atoms with Gasteiger partial charge in [-0.3, -0.25) is 4.90 Å². The molecule has 12 heteroatoms. The number of rotatable bonds is 5. The van der Waals surface area contributed by atoms with Crippen LogP contribution in [0.2, 0.25) is 0 Å². The second kappa shape index (κ2) is 6.51. The molecule has 3 nitrogen and oxygen atoms in total. The van der Waals surface area contributed by atoms with Crippen LogP contribution in [0, 0.1) is 0 Å². The van der Waals surface area contributed by atoms with Crippen LogP contribution in [0.5, 0.6) is 0 Å². The van der Waals surface area contributed by atoms with Gasteiger partial charge in [0.2, 0.25) is 0 Å². The molecule has 1 N–H and O–H groups in total. The van der Waals surface area contributed by atoms with Crippen molar-refractivity contribution in [1.82, 2.24) is 4.90 Å². The first-order valence-electron chi connectivity index (χ1n) is 6.85. The summed E-state index contributed by atoms with van der Waals surface area (Å²) >= 11 is 0. The SMILES string of the molecule is O=C(O)N(CC(F)(F)C(F)(F)C(F)(F)C(F)(F)F)C1CCCCC1. The van der Waals surface area contributed by atoms with Crippen molar-refractivity contribution in [2.75, 3.05) is 6.54 Å². The summed E-state index contributed by atoms with van der Waals surface area (Å²) in [4.78, 5) is 10.8. The van der Waals surface area contributed by atoms with Crippen molar-refractivity contribution < 1.29 is 49.4 Å². The van der Waals surface area contributed by atoms with Gasteiger partial charge in [0.1, 0.15) is 0 Å². The molecule has 0 radical (unpaired) electrons. The summed E-state index contributed by atoms with van der Waals surface area (Å²) in [6, 6.07) is -1.14. The van der Waals surface area contributed by atoms with Crippen LogP contribution in [-0.4, -0.2) is 52.6 Å². The van der Waals surface area contributed by atoms with E-state index in [0.717, 1.165) is 0 Å². The van der Waals surface area contributed by atoms with Crippen molar-refractivity contribution in [2.24, 2.45) is 0 Å². The molecule has 0 spiro atoms. The topological polar surface area (TPSA) is 40.5 Å². The maximum atomic E-state index is 13.6. The van der Waals surface area contributed by atoms with E-state index in [2.05, 4.69) is 0 Å². The fourth-order valence-electron chi connectivity index (χ4n) is 2.47. The molecule has 0 unspecified atom stereocenters. The van der Waals surface area contributed by atoms with Crippen LogP contribution in [0.3, 0.4) is 0 Å². The average Bonchev–Trinajstić information content (AvgIpc) is 2.43. The Morgan fingerprint density at radius 1 is 0.875 bits per heavy atom. The second-order valence-electron chi connectivity index (χ2n) is 5.55. The van der Waals surface area contributed by atoms with Gasteiger partial charge < -0.3 is 5.11 Å². The van der Waals surface area contributed by atoms with Crippen LogP contribution in [-0.2, 0) is 0 Å². The summed E-state index contributed by atoms with van der Waals surface area (Å²) in [5.41, 5.74) is 0. The van der Waals surface area contributed by atoms with E-state index < -0.39 is 42.6 Å². The fourth-order valence-corrected chi connectivity index (χ4v) is 2.47. The Hall–Kier alpha value is -1.36. The molecule has 0 heterocycles. The van der Waals surface area contributed by atoms with Gasteiger partial charge in [-0.2, -0.15) is 39.5 Å². The monoisotopic (exact) mass is 375 g/mol. The van der Waals surface area contributed by atoms with E-state index in [4.69, 9.17) is 5.11 Å². The molecule has 0 aromatic rings. The maximum absolute atomic E-state index is 13.6. The Bertz CT molecular complexity index is 458. The third-order valence-corrected chi connectivity index (χ3v) is 3.84. The number of carbonyl (C=O) groups is 1. The molecule has 1 fully saturated rings. The van der Waals surface area contributed by atoms with E-state index in [0.29, 0.717) is 19.3 Å². The average molecular weight is 375 g/mol. The Balaban J connectivity index is 3.09. The van der Waals surface area contributed by atoms with Crippen LogP contribution in [0.1, 0.15) is 32.1 Å². The lowest BCUT2D eigenvalue weighted by Crippen LogP contribution is -2.64. The highest BCUT2D eigenvalue weighted by molar-refractivity contribution is 5.65. The summed E-state index contributed by atoms with van der Waals surface area (Å²) in [7, 11) is 0. The van der Waals surface area contributed by atoms with Crippen LogP contribution in [0.4, 0.5) is 44.3 Å². The van der Waals surface area contributed by atoms with E-state index >= 15 is 0 Å². The van der Waals surface area contributed by atoms with Gasteiger partial charge >= 0.3 is 30.0 Å². The van der Waals surface area contributed by atoms with Crippen LogP contribution < -0.4 is 0 Å². The highest BCUT2D eigenvalue weighted by atomic mass is 19.4. The highest BCUT2D eigenvalue weighted by Crippen LogP contribution is 2.53. The van der Waals surface area contributed by atoms with E-state index in [1.54, 1.807) is 0 Å². The molecule has 0 saturated heterocycles. The molecular formula is C12H14F9NO2. The molecule has 1 aliphatic rings. The Labute approximate surface area is 130 Å². The number of halogens is 9. The number of alkyl halides is 9. The Kier molecular flexibility index (Phi) is 5.61. The summed E-state index contributed by atoms with van der Waals surface area (Å²) in [6.07, 6.45) is -7.51. The number of nitrogens with zero attached hydrogens (tertiary/aromatic N) is 1. The van der Waals surface area contributed by atoms with E-state index in [1.807, 2.05) is 0 Å². The smallest absolute Gasteiger partial charge is 0.460 e.